The van der Waals surface area contributed by atoms with Gasteiger partial charge in [-0.2, -0.15) is 0 Å². The van der Waals surface area contributed by atoms with Crippen LogP contribution in [0.5, 0.6) is 0 Å². The van der Waals surface area contributed by atoms with Gasteiger partial charge in [0, 0.05) is 19.1 Å². The molecule has 1 amide bonds. The summed E-state index contributed by atoms with van der Waals surface area (Å²) in [5.41, 5.74) is 0. The van der Waals surface area contributed by atoms with Gasteiger partial charge >= 0.3 is 0 Å². The number of hydrogen-bond acceptors (Lipinski definition) is 5. The number of carbonyl (C=O) groups is 1. The summed E-state index contributed by atoms with van der Waals surface area (Å²) in [6.45, 7) is 2.15. The lowest BCUT2D eigenvalue weighted by atomic mass is 10.0. The first kappa shape index (κ1) is 19.7. The van der Waals surface area contributed by atoms with Crippen LogP contribution in [-0.2, 0) is 14.8 Å². The zero-order valence-electron chi connectivity index (χ0n) is 13.4. The maximum Gasteiger partial charge on any atom is 0.250 e. The lowest BCUT2D eigenvalue weighted by Crippen LogP contribution is -2.53. The van der Waals surface area contributed by atoms with E-state index in [4.69, 9.17) is 0 Å². The number of thiophene rings is 1. The summed E-state index contributed by atoms with van der Waals surface area (Å²) >= 11 is 1.22. The first-order valence-electron chi connectivity index (χ1n) is 8.14. The molecule has 2 aliphatic rings. The molecular formula is C15H24ClN3O3S2. The molecule has 2 N–H and O–H groups in total. The van der Waals surface area contributed by atoms with Crippen LogP contribution in [0.25, 0.3) is 0 Å². The summed E-state index contributed by atoms with van der Waals surface area (Å²) in [5, 5.41) is 5.04. The van der Waals surface area contributed by atoms with Crippen LogP contribution in [0.1, 0.15) is 32.1 Å². The summed E-state index contributed by atoms with van der Waals surface area (Å²) < 4.78 is 27.6. The molecule has 3 rings (SSSR count). The summed E-state index contributed by atoms with van der Waals surface area (Å²) in [5.74, 6) is 0.171. The van der Waals surface area contributed by atoms with Crippen molar-refractivity contribution in [3.8, 4) is 0 Å². The van der Waals surface area contributed by atoms with Crippen LogP contribution in [0.15, 0.2) is 21.7 Å². The van der Waals surface area contributed by atoms with Crippen LogP contribution in [0.2, 0.25) is 0 Å². The maximum absolute atomic E-state index is 12.5. The molecule has 1 unspecified atom stereocenters. The molecule has 24 heavy (non-hydrogen) atoms. The Morgan fingerprint density at radius 3 is 2.58 bits per heavy atom. The normalized spacial score (nSPS) is 22.8. The highest BCUT2D eigenvalue weighted by molar-refractivity contribution is 7.91. The first-order valence-corrected chi connectivity index (χ1v) is 10.5. The monoisotopic (exact) mass is 393 g/mol. The molecule has 0 bridgehead atoms. The van der Waals surface area contributed by atoms with E-state index in [9.17, 15) is 13.2 Å². The quantitative estimate of drug-likeness (QED) is 0.814. The zero-order valence-corrected chi connectivity index (χ0v) is 15.9. The second kappa shape index (κ2) is 8.62. The Labute approximate surface area is 153 Å². The van der Waals surface area contributed by atoms with Gasteiger partial charge in [0.05, 0.1) is 6.04 Å². The highest BCUT2D eigenvalue weighted by Crippen LogP contribution is 2.20. The SMILES string of the molecule is Cl.O=C(C1CCCCN1)N1CCC(NS(=O)(=O)c2cccs2)CC1. The Morgan fingerprint density at radius 2 is 2.00 bits per heavy atom. The van der Waals surface area contributed by atoms with Crippen molar-refractivity contribution in [2.75, 3.05) is 19.6 Å². The minimum atomic E-state index is -3.42. The Morgan fingerprint density at radius 1 is 1.25 bits per heavy atom. The van der Waals surface area contributed by atoms with Gasteiger partial charge in [-0.15, -0.1) is 23.7 Å². The topological polar surface area (TPSA) is 78.5 Å². The van der Waals surface area contributed by atoms with Gasteiger partial charge in [-0.05, 0) is 43.7 Å². The molecule has 0 spiro atoms. The largest absolute Gasteiger partial charge is 0.341 e. The van der Waals surface area contributed by atoms with Gasteiger partial charge in [0.25, 0.3) is 0 Å². The maximum atomic E-state index is 12.5. The third-order valence-corrected chi connectivity index (χ3v) is 7.41. The van der Waals surface area contributed by atoms with E-state index in [2.05, 4.69) is 10.0 Å². The molecule has 0 aromatic carbocycles. The van der Waals surface area contributed by atoms with Crippen molar-refractivity contribution in [3.63, 3.8) is 0 Å². The first-order chi connectivity index (χ1) is 11.1. The van der Waals surface area contributed by atoms with Crippen LogP contribution in [-0.4, -0.2) is 50.9 Å². The van der Waals surface area contributed by atoms with E-state index in [0.29, 0.717) is 30.1 Å². The molecule has 2 saturated heterocycles. The summed E-state index contributed by atoms with van der Waals surface area (Å²) in [6.07, 6.45) is 4.48. The summed E-state index contributed by atoms with van der Waals surface area (Å²) in [7, 11) is -3.42. The molecule has 2 aliphatic heterocycles. The number of carbonyl (C=O) groups excluding carboxylic acids is 1. The van der Waals surface area contributed by atoms with E-state index in [0.717, 1.165) is 25.8 Å². The van der Waals surface area contributed by atoms with Crippen molar-refractivity contribution in [2.24, 2.45) is 0 Å². The molecule has 3 heterocycles. The Bertz CT molecular complexity index is 622. The van der Waals surface area contributed by atoms with Crippen molar-refractivity contribution in [2.45, 2.75) is 48.4 Å². The highest BCUT2D eigenvalue weighted by Gasteiger charge is 2.30. The summed E-state index contributed by atoms with van der Waals surface area (Å²) in [6, 6.07) is 3.20. The van der Waals surface area contributed by atoms with Crippen molar-refractivity contribution in [1.29, 1.82) is 0 Å². The molecule has 0 radical (unpaired) electrons. The fraction of sp³-hybridized carbons (Fsp3) is 0.667. The Hall–Kier alpha value is -0.670. The van der Waals surface area contributed by atoms with Crippen LogP contribution in [0.4, 0.5) is 0 Å². The van der Waals surface area contributed by atoms with Crippen LogP contribution in [0, 0.1) is 0 Å². The predicted molar refractivity (Wildman–Crippen MR) is 97.1 cm³/mol. The lowest BCUT2D eigenvalue weighted by molar-refractivity contribution is -0.135. The molecule has 1 aromatic heterocycles. The average Bonchev–Trinajstić information content (AvgIpc) is 3.11. The smallest absolute Gasteiger partial charge is 0.250 e. The third kappa shape index (κ3) is 4.70. The molecule has 0 aliphatic carbocycles. The number of sulfonamides is 1. The second-order valence-corrected chi connectivity index (χ2v) is 9.04. The molecule has 136 valence electrons. The molecule has 2 fully saturated rings. The second-order valence-electron chi connectivity index (χ2n) is 6.16. The van der Waals surface area contributed by atoms with E-state index in [1.54, 1.807) is 17.5 Å². The van der Waals surface area contributed by atoms with E-state index in [1.807, 2.05) is 4.90 Å². The number of likely N-dealkylation sites (tertiary alicyclic amines) is 1. The van der Waals surface area contributed by atoms with Crippen LogP contribution < -0.4 is 10.0 Å². The average molecular weight is 394 g/mol. The molecule has 1 aromatic rings. The number of rotatable bonds is 4. The molecule has 6 nitrogen and oxygen atoms in total. The van der Waals surface area contributed by atoms with E-state index < -0.39 is 10.0 Å². The van der Waals surface area contributed by atoms with Crippen molar-refractivity contribution in [3.05, 3.63) is 17.5 Å². The van der Waals surface area contributed by atoms with E-state index in [-0.39, 0.29) is 30.4 Å². The van der Waals surface area contributed by atoms with Crippen LogP contribution in [0.3, 0.4) is 0 Å². The lowest BCUT2D eigenvalue weighted by Gasteiger charge is -2.35. The number of nitrogens with one attached hydrogen (secondary N) is 2. The molecule has 0 saturated carbocycles. The van der Waals surface area contributed by atoms with Crippen molar-refractivity contribution in [1.82, 2.24) is 14.9 Å². The van der Waals surface area contributed by atoms with Gasteiger partial charge in [0.15, 0.2) is 0 Å². The fourth-order valence-corrected chi connectivity index (χ4v) is 5.51. The number of hydrogen-bond donors (Lipinski definition) is 2. The number of halogens is 1. The minimum absolute atomic E-state index is 0. The van der Waals surface area contributed by atoms with E-state index in [1.165, 1.54) is 11.3 Å². The molecular weight excluding hydrogens is 370 g/mol. The fourth-order valence-electron chi connectivity index (χ4n) is 3.19. The molecule has 9 heteroatoms. The predicted octanol–water partition coefficient (Wildman–Crippen LogP) is 1.58. The van der Waals surface area contributed by atoms with Gasteiger partial charge < -0.3 is 10.2 Å². The van der Waals surface area contributed by atoms with Crippen molar-refractivity contribution < 1.29 is 13.2 Å². The number of nitrogens with zero attached hydrogens (tertiary/aromatic N) is 1. The van der Waals surface area contributed by atoms with Crippen LogP contribution >= 0.6 is 23.7 Å². The van der Waals surface area contributed by atoms with Gasteiger partial charge in [0.1, 0.15) is 4.21 Å². The van der Waals surface area contributed by atoms with Gasteiger partial charge in [-0.25, -0.2) is 13.1 Å². The Balaban J connectivity index is 0.00000208. The standard InChI is InChI=1S/C15H23N3O3S2.ClH/c19-15(13-4-1-2-8-16-13)18-9-6-12(7-10-18)17-23(20,21)14-5-3-11-22-14;/h3,5,11-13,16-17H,1-2,4,6-10H2;1H. The zero-order chi connectivity index (χ0) is 16.3. The van der Waals surface area contributed by atoms with Crippen molar-refractivity contribution >= 4 is 39.7 Å². The third-order valence-electron chi connectivity index (χ3n) is 4.50. The number of piperidine rings is 2. The minimum Gasteiger partial charge on any atom is -0.341 e. The van der Waals surface area contributed by atoms with Gasteiger partial charge in [0.2, 0.25) is 15.9 Å². The summed E-state index contributed by atoms with van der Waals surface area (Å²) in [4.78, 5) is 14.3. The Kier molecular flexibility index (Phi) is 7.06. The number of amides is 1. The highest BCUT2D eigenvalue weighted by atomic mass is 35.5. The van der Waals surface area contributed by atoms with Gasteiger partial charge in [-0.1, -0.05) is 12.5 Å². The molecule has 1 atom stereocenters. The van der Waals surface area contributed by atoms with Gasteiger partial charge in [-0.3, -0.25) is 4.79 Å². The van der Waals surface area contributed by atoms with E-state index >= 15 is 0 Å².